The van der Waals surface area contributed by atoms with Crippen LogP contribution in [-0.2, 0) is 11.0 Å². The quantitative estimate of drug-likeness (QED) is 0.398. The first-order chi connectivity index (χ1) is 16.2. The van der Waals surface area contributed by atoms with Gasteiger partial charge in [-0.15, -0.1) is 0 Å². The second-order valence-corrected chi connectivity index (χ2v) is 9.06. The van der Waals surface area contributed by atoms with Crippen molar-refractivity contribution in [2.75, 3.05) is 11.1 Å². The summed E-state index contributed by atoms with van der Waals surface area (Å²) in [4.78, 5) is 30.4. The number of rotatable bonds is 4. The molecule has 174 valence electrons. The molecule has 0 fully saturated rings. The highest BCUT2D eigenvalue weighted by Crippen LogP contribution is 2.34. The van der Waals surface area contributed by atoms with Crippen LogP contribution < -0.4 is 10.9 Å². The lowest BCUT2D eigenvalue weighted by atomic mass is 10.1. The second kappa shape index (κ2) is 8.48. The molecular weight excluding hydrogens is 491 g/mol. The fourth-order valence-electron chi connectivity index (χ4n) is 3.78. The lowest BCUT2D eigenvalue weighted by Gasteiger charge is -2.14. The zero-order chi connectivity index (χ0) is 24.0. The Labute approximate surface area is 199 Å². The molecule has 3 heterocycles. The number of nitrogens with zero attached hydrogens (tertiary/aromatic N) is 4. The van der Waals surface area contributed by atoms with Gasteiger partial charge in [0, 0.05) is 22.9 Å². The first kappa shape index (κ1) is 22.5. The molecule has 2 aromatic heterocycles. The molecule has 7 nitrogen and oxygen atoms in total. The van der Waals surface area contributed by atoms with Crippen LogP contribution in [0.1, 0.15) is 18.0 Å². The van der Waals surface area contributed by atoms with E-state index in [1.807, 2.05) is 0 Å². The highest BCUT2D eigenvalue weighted by Gasteiger charge is 2.32. The van der Waals surface area contributed by atoms with E-state index in [0.29, 0.717) is 27.3 Å². The van der Waals surface area contributed by atoms with Gasteiger partial charge in [0.25, 0.3) is 5.56 Å². The molecule has 0 radical (unpaired) electrons. The van der Waals surface area contributed by atoms with E-state index in [4.69, 9.17) is 11.6 Å². The van der Waals surface area contributed by atoms with Crippen molar-refractivity contribution in [3.05, 3.63) is 75.7 Å². The number of fused-ring (bicyclic) bond motifs is 2. The Morgan fingerprint density at radius 1 is 1.21 bits per heavy atom. The van der Waals surface area contributed by atoms with Gasteiger partial charge in [0.1, 0.15) is 5.39 Å². The van der Waals surface area contributed by atoms with Crippen LogP contribution in [0.15, 0.2) is 64.7 Å². The average molecular weight is 506 g/mol. The van der Waals surface area contributed by atoms with Gasteiger partial charge in [-0.3, -0.25) is 14.2 Å². The van der Waals surface area contributed by atoms with Gasteiger partial charge in [-0.2, -0.15) is 18.3 Å². The van der Waals surface area contributed by atoms with Crippen molar-refractivity contribution in [2.45, 2.75) is 23.8 Å². The minimum Gasteiger partial charge on any atom is -0.326 e. The number of hydrogen-bond acceptors (Lipinski definition) is 5. The van der Waals surface area contributed by atoms with Crippen LogP contribution >= 0.6 is 23.4 Å². The zero-order valence-corrected chi connectivity index (χ0v) is 18.8. The summed E-state index contributed by atoms with van der Waals surface area (Å²) >= 11 is 7.39. The minimum atomic E-state index is -4.51. The number of aromatic nitrogens is 4. The number of carbonyl (C=O) groups excluding carboxylic acids is 1. The minimum absolute atomic E-state index is 0.0365. The van der Waals surface area contributed by atoms with E-state index in [1.165, 1.54) is 39.3 Å². The summed E-state index contributed by atoms with van der Waals surface area (Å²) in [6.45, 7) is 0. The number of hydrogen-bond donors (Lipinski definition) is 1. The molecule has 1 N–H and O–H groups in total. The predicted molar refractivity (Wildman–Crippen MR) is 123 cm³/mol. The summed E-state index contributed by atoms with van der Waals surface area (Å²) in [5, 5.41) is 8.01. The number of nitrogens with one attached hydrogen (secondary N) is 1. The maximum atomic E-state index is 13.2. The molecular formula is C22H15ClF3N5O2S. The van der Waals surface area contributed by atoms with Gasteiger partial charge in [-0.1, -0.05) is 35.5 Å². The SMILES string of the molecule is O=C(CC1CSc2nc3c(cnn3-c3cccc(Cl)c3)c(=O)n21)Nc1cccc(C(F)(F)F)c1. The Balaban J connectivity index is 1.41. The van der Waals surface area contributed by atoms with E-state index in [9.17, 15) is 22.8 Å². The molecule has 0 bridgehead atoms. The fourth-order valence-corrected chi connectivity index (χ4v) is 5.09. The van der Waals surface area contributed by atoms with Crippen molar-refractivity contribution >= 4 is 46.0 Å². The smallest absolute Gasteiger partial charge is 0.326 e. The monoisotopic (exact) mass is 505 g/mol. The third-order valence-electron chi connectivity index (χ3n) is 5.32. The van der Waals surface area contributed by atoms with Crippen LogP contribution in [0.2, 0.25) is 5.02 Å². The topological polar surface area (TPSA) is 81.8 Å². The molecule has 34 heavy (non-hydrogen) atoms. The summed E-state index contributed by atoms with van der Waals surface area (Å²) in [5.74, 6) is -0.0745. The standard InChI is InChI=1S/C22H15ClF3N5O2S/c23-13-4-2-6-15(8-13)31-19-17(10-27-31)20(33)30-16(11-34-21(30)29-19)9-18(32)28-14-5-1-3-12(7-14)22(24,25)26/h1-8,10,16H,9,11H2,(H,28,32). The van der Waals surface area contributed by atoms with Crippen molar-refractivity contribution in [1.29, 1.82) is 0 Å². The van der Waals surface area contributed by atoms with Gasteiger partial charge in [0.2, 0.25) is 5.91 Å². The lowest BCUT2D eigenvalue weighted by Crippen LogP contribution is -2.27. The van der Waals surface area contributed by atoms with Gasteiger partial charge in [0.05, 0.1) is 23.5 Å². The van der Waals surface area contributed by atoms with Gasteiger partial charge in [-0.05, 0) is 36.4 Å². The maximum Gasteiger partial charge on any atom is 0.416 e. The number of anilines is 1. The van der Waals surface area contributed by atoms with E-state index < -0.39 is 23.7 Å². The number of amides is 1. The van der Waals surface area contributed by atoms with E-state index >= 15 is 0 Å². The van der Waals surface area contributed by atoms with Crippen LogP contribution in [0, 0.1) is 0 Å². The molecule has 0 saturated carbocycles. The Morgan fingerprint density at radius 2 is 2.00 bits per heavy atom. The molecule has 12 heteroatoms. The zero-order valence-electron chi connectivity index (χ0n) is 17.2. The van der Waals surface area contributed by atoms with Crippen LogP contribution in [-0.4, -0.2) is 31.0 Å². The Hall–Kier alpha value is -3.31. The highest BCUT2D eigenvalue weighted by molar-refractivity contribution is 7.99. The molecule has 0 aliphatic carbocycles. The first-order valence-corrected chi connectivity index (χ1v) is 11.4. The van der Waals surface area contributed by atoms with E-state index in [-0.39, 0.29) is 23.1 Å². The van der Waals surface area contributed by atoms with Crippen molar-refractivity contribution in [3.63, 3.8) is 0 Å². The third-order valence-corrected chi connectivity index (χ3v) is 6.65. The summed E-state index contributed by atoms with van der Waals surface area (Å²) in [5.41, 5.74) is -0.129. The van der Waals surface area contributed by atoms with Crippen molar-refractivity contribution < 1.29 is 18.0 Å². The van der Waals surface area contributed by atoms with Crippen molar-refractivity contribution in [3.8, 4) is 5.69 Å². The van der Waals surface area contributed by atoms with Crippen LogP contribution in [0.3, 0.4) is 0 Å². The van der Waals surface area contributed by atoms with Gasteiger partial charge >= 0.3 is 6.18 Å². The molecule has 1 amide bonds. The van der Waals surface area contributed by atoms with Crippen LogP contribution in [0.4, 0.5) is 18.9 Å². The fraction of sp³-hybridized carbons (Fsp3) is 0.182. The maximum absolute atomic E-state index is 13.2. The molecule has 1 unspecified atom stereocenters. The highest BCUT2D eigenvalue weighted by atomic mass is 35.5. The Bertz CT molecular complexity index is 1480. The summed E-state index contributed by atoms with van der Waals surface area (Å²) in [7, 11) is 0. The Morgan fingerprint density at radius 3 is 2.76 bits per heavy atom. The van der Waals surface area contributed by atoms with Crippen molar-refractivity contribution in [2.24, 2.45) is 0 Å². The van der Waals surface area contributed by atoms with Gasteiger partial charge < -0.3 is 5.32 Å². The molecule has 2 aromatic carbocycles. The lowest BCUT2D eigenvalue weighted by molar-refractivity contribution is -0.137. The second-order valence-electron chi connectivity index (χ2n) is 7.64. The molecule has 4 aromatic rings. The normalized spacial score (nSPS) is 15.5. The van der Waals surface area contributed by atoms with Crippen molar-refractivity contribution in [1.82, 2.24) is 19.3 Å². The molecule has 1 aliphatic rings. The number of alkyl halides is 3. The number of thioether (sulfide) groups is 1. The molecule has 0 spiro atoms. The van der Waals surface area contributed by atoms with Gasteiger partial charge in [-0.25, -0.2) is 9.67 Å². The largest absolute Gasteiger partial charge is 0.416 e. The van der Waals surface area contributed by atoms with E-state index in [2.05, 4.69) is 15.4 Å². The Kier molecular flexibility index (Phi) is 5.61. The summed E-state index contributed by atoms with van der Waals surface area (Å²) < 4.78 is 41.8. The number of halogens is 4. The third kappa shape index (κ3) is 4.16. The first-order valence-electron chi connectivity index (χ1n) is 10.1. The molecule has 1 atom stereocenters. The van der Waals surface area contributed by atoms with Crippen LogP contribution in [0.5, 0.6) is 0 Å². The van der Waals surface area contributed by atoms with E-state index in [0.717, 1.165) is 12.1 Å². The predicted octanol–water partition coefficient (Wildman–Crippen LogP) is 4.93. The average Bonchev–Trinajstić information content (AvgIpc) is 3.38. The molecule has 5 rings (SSSR count). The van der Waals surface area contributed by atoms with Crippen LogP contribution in [0.25, 0.3) is 16.7 Å². The number of carbonyl (C=O) groups is 1. The van der Waals surface area contributed by atoms with Gasteiger partial charge in [0.15, 0.2) is 10.8 Å². The summed E-state index contributed by atoms with van der Waals surface area (Å²) in [6.07, 6.45) is -3.19. The number of benzene rings is 2. The summed E-state index contributed by atoms with van der Waals surface area (Å²) in [6, 6.07) is 10.9. The van der Waals surface area contributed by atoms with E-state index in [1.54, 1.807) is 24.3 Å². The molecule has 0 saturated heterocycles. The molecule has 1 aliphatic heterocycles.